The lowest BCUT2D eigenvalue weighted by molar-refractivity contribution is -0.137. The van der Waals surface area contributed by atoms with Crippen LogP contribution in [0.2, 0.25) is 0 Å². The van der Waals surface area contributed by atoms with Gasteiger partial charge in [-0.15, -0.1) is 0 Å². The van der Waals surface area contributed by atoms with Gasteiger partial charge in [-0.3, -0.25) is 9.59 Å². The van der Waals surface area contributed by atoms with E-state index >= 15 is 0 Å². The van der Waals surface area contributed by atoms with Crippen LogP contribution in [0, 0.1) is 5.92 Å². The summed E-state index contributed by atoms with van der Waals surface area (Å²) in [6.45, 7) is 4.78. The van der Waals surface area contributed by atoms with Gasteiger partial charge >= 0.3 is 5.97 Å². The Balaban J connectivity index is 2.76. The molecule has 0 fully saturated rings. The van der Waals surface area contributed by atoms with Crippen LogP contribution in [0.25, 0.3) is 0 Å². The van der Waals surface area contributed by atoms with E-state index in [9.17, 15) is 9.59 Å². The minimum atomic E-state index is -0.938. The van der Waals surface area contributed by atoms with Crippen LogP contribution in [0.15, 0.2) is 10.6 Å². The molecular weight excluding hydrogens is 264 g/mol. The molecule has 20 heavy (non-hydrogen) atoms. The van der Waals surface area contributed by atoms with E-state index in [0.717, 1.165) is 0 Å². The molecule has 0 saturated heterocycles. The molecule has 7 nitrogen and oxygen atoms in total. The van der Waals surface area contributed by atoms with Crippen LogP contribution >= 0.6 is 0 Å². The Labute approximate surface area is 117 Å². The minimum absolute atomic E-state index is 0.0960. The van der Waals surface area contributed by atoms with Crippen molar-refractivity contribution in [3.8, 4) is 0 Å². The predicted molar refractivity (Wildman–Crippen MR) is 70.2 cm³/mol. The number of carboxylic acid groups (broad SMARTS) is 1. The van der Waals surface area contributed by atoms with Crippen molar-refractivity contribution in [1.29, 1.82) is 0 Å². The number of rotatable bonds is 8. The molecule has 1 N–H and O–H groups in total. The van der Waals surface area contributed by atoms with E-state index in [4.69, 9.17) is 14.4 Å². The Morgan fingerprint density at radius 2 is 2.20 bits per heavy atom. The third-order valence-electron chi connectivity index (χ3n) is 2.53. The number of aliphatic carboxylic acids is 1. The van der Waals surface area contributed by atoms with Gasteiger partial charge < -0.3 is 19.3 Å². The van der Waals surface area contributed by atoms with Gasteiger partial charge in [-0.1, -0.05) is 19.0 Å². The molecule has 0 aliphatic heterocycles. The number of amides is 1. The third-order valence-corrected chi connectivity index (χ3v) is 2.53. The van der Waals surface area contributed by atoms with Gasteiger partial charge in [0, 0.05) is 26.3 Å². The summed E-state index contributed by atoms with van der Waals surface area (Å²) in [7, 11) is 1.52. The van der Waals surface area contributed by atoms with Crippen molar-refractivity contribution in [3.63, 3.8) is 0 Å². The molecule has 1 aromatic rings. The molecule has 0 aromatic carbocycles. The molecule has 0 aliphatic rings. The zero-order valence-corrected chi connectivity index (χ0v) is 12.0. The first-order valence-corrected chi connectivity index (χ1v) is 6.39. The van der Waals surface area contributed by atoms with E-state index in [1.165, 1.54) is 18.1 Å². The monoisotopic (exact) mass is 284 g/mol. The number of methoxy groups -OCH3 is 1. The molecule has 0 unspecified atom stereocenters. The molecule has 0 spiro atoms. The fraction of sp³-hybridized carbons (Fsp3) is 0.615. The van der Waals surface area contributed by atoms with Crippen LogP contribution in [-0.2, 0) is 16.1 Å². The maximum Gasteiger partial charge on any atom is 0.305 e. The van der Waals surface area contributed by atoms with Crippen molar-refractivity contribution in [2.75, 3.05) is 20.2 Å². The normalized spacial score (nSPS) is 10.8. The van der Waals surface area contributed by atoms with Crippen molar-refractivity contribution in [3.05, 3.63) is 17.5 Å². The van der Waals surface area contributed by atoms with Gasteiger partial charge in [0.2, 0.25) is 0 Å². The van der Waals surface area contributed by atoms with Gasteiger partial charge in [-0.2, -0.15) is 0 Å². The van der Waals surface area contributed by atoms with Gasteiger partial charge in [-0.05, 0) is 5.92 Å². The van der Waals surface area contributed by atoms with Crippen LogP contribution in [-0.4, -0.2) is 47.2 Å². The smallest absolute Gasteiger partial charge is 0.305 e. The average Bonchev–Trinajstić information content (AvgIpc) is 2.82. The first-order chi connectivity index (χ1) is 9.43. The zero-order chi connectivity index (χ0) is 15.1. The summed E-state index contributed by atoms with van der Waals surface area (Å²) >= 11 is 0. The van der Waals surface area contributed by atoms with Crippen molar-refractivity contribution in [1.82, 2.24) is 10.1 Å². The van der Waals surface area contributed by atoms with Crippen LogP contribution in [0.4, 0.5) is 0 Å². The lowest BCUT2D eigenvalue weighted by atomic mass is 10.2. The summed E-state index contributed by atoms with van der Waals surface area (Å²) in [6, 6.07) is 1.51. The third kappa shape index (κ3) is 5.00. The Morgan fingerprint density at radius 3 is 2.75 bits per heavy atom. The average molecular weight is 284 g/mol. The molecule has 0 bridgehead atoms. The Hall–Kier alpha value is -1.89. The number of carboxylic acids is 1. The molecule has 0 radical (unpaired) electrons. The maximum atomic E-state index is 12.3. The minimum Gasteiger partial charge on any atom is -0.481 e. The SMILES string of the molecule is COCc1cc(C(=O)N(CCC(=O)O)CC(C)C)no1. The number of carbonyl (C=O) groups excluding carboxylic acids is 1. The van der Waals surface area contributed by atoms with E-state index < -0.39 is 5.97 Å². The topological polar surface area (TPSA) is 92.9 Å². The van der Waals surface area contributed by atoms with Crippen molar-refractivity contribution >= 4 is 11.9 Å². The van der Waals surface area contributed by atoms with E-state index in [1.807, 2.05) is 13.8 Å². The standard InChI is InChI=1S/C13H20N2O5/c1-9(2)7-15(5-4-12(16)17)13(18)11-6-10(8-19-3)20-14-11/h6,9H,4-5,7-8H2,1-3H3,(H,16,17). The van der Waals surface area contributed by atoms with Crippen molar-refractivity contribution in [2.24, 2.45) is 5.92 Å². The molecule has 7 heteroatoms. The van der Waals surface area contributed by atoms with Crippen LogP contribution < -0.4 is 0 Å². The number of carbonyl (C=O) groups is 2. The number of ether oxygens (including phenoxy) is 1. The van der Waals surface area contributed by atoms with E-state index in [-0.39, 0.29) is 37.1 Å². The predicted octanol–water partition coefficient (Wildman–Crippen LogP) is 1.39. The second-order valence-electron chi connectivity index (χ2n) is 4.90. The summed E-state index contributed by atoms with van der Waals surface area (Å²) in [5, 5.41) is 12.4. The fourth-order valence-electron chi connectivity index (χ4n) is 1.73. The molecule has 0 atom stereocenters. The number of aromatic nitrogens is 1. The molecule has 0 aliphatic carbocycles. The number of hydrogen-bond donors (Lipinski definition) is 1. The van der Waals surface area contributed by atoms with E-state index in [1.54, 1.807) is 0 Å². The van der Waals surface area contributed by atoms with E-state index in [2.05, 4.69) is 5.16 Å². The quantitative estimate of drug-likeness (QED) is 0.775. The summed E-state index contributed by atoms with van der Waals surface area (Å²) < 4.78 is 9.86. The first kappa shape index (κ1) is 16.2. The highest BCUT2D eigenvalue weighted by molar-refractivity contribution is 5.92. The van der Waals surface area contributed by atoms with Crippen molar-refractivity contribution in [2.45, 2.75) is 26.9 Å². The summed E-state index contributed by atoms with van der Waals surface area (Å²) in [6.07, 6.45) is -0.0960. The van der Waals surface area contributed by atoms with Crippen LogP contribution in [0.5, 0.6) is 0 Å². The summed E-state index contributed by atoms with van der Waals surface area (Å²) in [4.78, 5) is 24.4. The maximum absolute atomic E-state index is 12.3. The van der Waals surface area contributed by atoms with Gasteiger partial charge in [0.05, 0.1) is 6.42 Å². The second-order valence-corrected chi connectivity index (χ2v) is 4.90. The Bertz CT molecular complexity index is 455. The lowest BCUT2D eigenvalue weighted by Crippen LogP contribution is -2.36. The molecule has 1 aromatic heterocycles. The second kappa shape index (κ2) is 7.64. The lowest BCUT2D eigenvalue weighted by Gasteiger charge is -2.22. The molecular formula is C13H20N2O5. The highest BCUT2D eigenvalue weighted by Crippen LogP contribution is 2.10. The fourth-order valence-corrected chi connectivity index (χ4v) is 1.73. The van der Waals surface area contributed by atoms with E-state index in [0.29, 0.717) is 12.3 Å². The van der Waals surface area contributed by atoms with Gasteiger partial charge in [0.25, 0.3) is 5.91 Å². The summed E-state index contributed by atoms with van der Waals surface area (Å²) in [5.74, 6) is -0.575. The summed E-state index contributed by atoms with van der Waals surface area (Å²) in [5.41, 5.74) is 0.170. The van der Waals surface area contributed by atoms with Gasteiger partial charge in [-0.25, -0.2) is 0 Å². The zero-order valence-electron chi connectivity index (χ0n) is 12.0. The van der Waals surface area contributed by atoms with Crippen LogP contribution in [0.3, 0.4) is 0 Å². The highest BCUT2D eigenvalue weighted by atomic mass is 16.5. The largest absolute Gasteiger partial charge is 0.481 e. The van der Waals surface area contributed by atoms with Crippen molar-refractivity contribution < 1.29 is 24.0 Å². The van der Waals surface area contributed by atoms with Gasteiger partial charge in [0.1, 0.15) is 6.61 Å². The Kier molecular flexibility index (Phi) is 6.17. The highest BCUT2D eigenvalue weighted by Gasteiger charge is 2.21. The van der Waals surface area contributed by atoms with Crippen LogP contribution in [0.1, 0.15) is 36.5 Å². The molecule has 1 heterocycles. The number of hydrogen-bond acceptors (Lipinski definition) is 5. The molecule has 0 saturated carbocycles. The number of nitrogens with zero attached hydrogens (tertiary/aromatic N) is 2. The van der Waals surface area contributed by atoms with Gasteiger partial charge in [0.15, 0.2) is 11.5 Å². The molecule has 1 rings (SSSR count). The first-order valence-electron chi connectivity index (χ1n) is 6.39. The Morgan fingerprint density at radius 1 is 1.50 bits per heavy atom. The molecule has 1 amide bonds. The molecule has 112 valence electrons.